The Morgan fingerprint density at radius 2 is 2.16 bits per heavy atom. The second-order valence-corrected chi connectivity index (χ2v) is 5.86. The second-order valence-electron chi connectivity index (χ2n) is 4.04. The highest BCUT2D eigenvalue weighted by molar-refractivity contribution is 9.10. The first-order valence-corrected chi connectivity index (χ1v) is 7.39. The van der Waals surface area contributed by atoms with Crippen LogP contribution in [0.25, 0.3) is 0 Å². The molecule has 2 rings (SSSR count). The largest absolute Gasteiger partial charge is 0.324 e. The molecule has 0 aliphatic rings. The number of H-pyrrole nitrogens is 1. The number of hydrogen-bond donors (Lipinski definition) is 2. The number of anilines is 1. The van der Waals surface area contributed by atoms with Crippen molar-refractivity contribution in [3.05, 3.63) is 34.1 Å². The molecule has 0 bridgehead atoms. The fourth-order valence-corrected chi connectivity index (χ4v) is 2.60. The lowest BCUT2D eigenvalue weighted by atomic mass is 10.1. The summed E-state index contributed by atoms with van der Waals surface area (Å²) in [6.07, 6.45) is 1.42. The molecular weight excluding hydrogens is 328 g/mol. The number of aromatic nitrogens is 3. The average molecular weight is 341 g/mol. The zero-order valence-corrected chi connectivity index (χ0v) is 12.9. The van der Waals surface area contributed by atoms with Crippen LogP contribution in [0.4, 0.5) is 5.69 Å². The Labute approximate surface area is 123 Å². The number of aromatic amines is 1. The lowest BCUT2D eigenvalue weighted by Gasteiger charge is -2.09. The number of thioether (sulfide) groups is 1. The number of halogens is 1. The highest BCUT2D eigenvalue weighted by atomic mass is 79.9. The van der Waals surface area contributed by atoms with E-state index in [0.717, 1.165) is 15.7 Å². The van der Waals surface area contributed by atoms with Crippen molar-refractivity contribution in [3.63, 3.8) is 0 Å². The van der Waals surface area contributed by atoms with Gasteiger partial charge < -0.3 is 5.32 Å². The van der Waals surface area contributed by atoms with Gasteiger partial charge in [0.2, 0.25) is 5.91 Å². The quantitative estimate of drug-likeness (QED) is 0.839. The summed E-state index contributed by atoms with van der Waals surface area (Å²) in [4.78, 5) is 15.8. The fourth-order valence-electron chi connectivity index (χ4n) is 1.46. The van der Waals surface area contributed by atoms with Crippen molar-refractivity contribution in [1.82, 2.24) is 15.2 Å². The van der Waals surface area contributed by atoms with Gasteiger partial charge in [0.15, 0.2) is 5.16 Å². The van der Waals surface area contributed by atoms with Crippen molar-refractivity contribution in [2.24, 2.45) is 0 Å². The Kier molecular flexibility index (Phi) is 4.60. The van der Waals surface area contributed by atoms with E-state index in [9.17, 15) is 4.79 Å². The number of nitrogens with one attached hydrogen (secondary N) is 2. The Balaban J connectivity index is 1.97. The second kappa shape index (κ2) is 6.21. The highest BCUT2D eigenvalue weighted by Crippen LogP contribution is 2.26. The molecule has 1 heterocycles. The maximum Gasteiger partial charge on any atom is 0.234 e. The molecule has 0 aliphatic heterocycles. The minimum absolute atomic E-state index is 0.0784. The minimum atomic E-state index is -0.0784. The number of nitrogens with zero attached hydrogens (tertiary/aromatic N) is 2. The van der Waals surface area contributed by atoms with Crippen LogP contribution in [0.3, 0.4) is 0 Å². The lowest BCUT2D eigenvalue weighted by molar-refractivity contribution is -0.113. The van der Waals surface area contributed by atoms with E-state index < -0.39 is 0 Å². The third-order valence-electron chi connectivity index (χ3n) is 2.59. The fraction of sp³-hybridized carbons (Fsp3) is 0.250. The first-order chi connectivity index (χ1) is 9.06. The molecule has 0 fully saturated rings. The van der Waals surface area contributed by atoms with E-state index in [1.165, 1.54) is 23.7 Å². The van der Waals surface area contributed by atoms with E-state index in [1.807, 2.05) is 26.0 Å². The van der Waals surface area contributed by atoms with Gasteiger partial charge in [-0.1, -0.05) is 11.8 Å². The van der Waals surface area contributed by atoms with Crippen LogP contribution in [0.15, 0.2) is 28.1 Å². The minimum Gasteiger partial charge on any atom is -0.324 e. The van der Waals surface area contributed by atoms with E-state index >= 15 is 0 Å². The van der Waals surface area contributed by atoms with Gasteiger partial charge >= 0.3 is 0 Å². The third kappa shape index (κ3) is 3.81. The Hall–Kier alpha value is -1.34. The number of aryl methyl sites for hydroxylation is 2. The molecular formula is C12H13BrN4OS. The molecule has 19 heavy (non-hydrogen) atoms. The van der Waals surface area contributed by atoms with Crippen LogP contribution in [-0.2, 0) is 4.79 Å². The average Bonchev–Trinajstić information content (AvgIpc) is 2.86. The van der Waals surface area contributed by atoms with Gasteiger partial charge in [0.25, 0.3) is 0 Å². The number of carbonyl (C=O) groups is 1. The van der Waals surface area contributed by atoms with Crippen molar-refractivity contribution in [2.45, 2.75) is 19.0 Å². The first-order valence-electron chi connectivity index (χ1n) is 5.61. The zero-order chi connectivity index (χ0) is 13.8. The molecule has 0 atom stereocenters. The molecule has 0 radical (unpaired) electrons. The van der Waals surface area contributed by atoms with Crippen molar-refractivity contribution in [3.8, 4) is 0 Å². The van der Waals surface area contributed by atoms with Gasteiger partial charge in [-0.15, -0.1) is 0 Å². The van der Waals surface area contributed by atoms with Crippen LogP contribution in [-0.4, -0.2) is 26.8 Å². The lowest BCUT2D eigenvalue weighted by Crippen LogP contribution is -2.14. The van der Waals surface area contributed by atoms with Gasteiger partial charge in [-0.25, -0.2) is 4.98 Å². The summed E-state index contributed by atoms with van der Waals surface area (Å²) >= 11 is 4.76. The molecule has 5 nitrogen and oxygen atoms in total. The van der Waals surface area contributed by atoms with Gasteiger partial charge in [0.05, 0.1) is 11.4 Å². The molecule has 2 aromatic rings. The summed E-state index contributed by atoms with van der Waals surface area (Å²) in [6, 6.07) is 3.95. The number of amides is 1. The monoisotopic (exact) mass is 340 g/mol. The Bertz CT molecular complexity index is 586. The number of benzene rings is 1. The van der Waals surface area contributed by atoms with Crippen molar-refractivity contribution >= 4 is 39.3 Å². The Morgan fingerprint density at radius 1 is 1.42 bits per heavy atom. The zero-order valence-electron chi connectivity index (χ0n) is 10.5. The van der Waals surface area contributed by atoms with E-state index in [4.69, 9.17) is 0 Å². The molecule has 1 aromatic carbocycles. The van der Waals surface area contributed by atoms with Gasteiger partial charge in [-0.3, -0.25) is 9.89 Å². The summed E-state index contributed by atoms with van der Waals surface area (Å²) in [5, 5.41) is 9.93. The summed E-state index contributed by atoms with van der Waals surface area (Å²) in [5.74, 6) is 0.208. The highest BCUT2D eigenvalue weighted by Gasteiger charge is 2.08. The predicted molar refractivity (Wildman–Crippen MR) is 79.4 cm³/mol. The molecule has 7 heteroatoms. The molecule has 0 spiro atoms. The summed E-state index contributed by atoms with van der Waals surface area (Å²) in [6.45, 7) is 4.05. The summed E-state index contributed by atoms with van der Waals surface area (Å²) < 4.78 is 0.883. The molecule has 0 aliphatic carbocycles. The SMILES string of the molecule is Cc1cc(Br)c(NC(=O)CSc2ncn[nH]2)cc1C. The maximum absolute atomic E-state index is 11.8. The van der Waals surface area contributed by atoms with Crippen molar-refractivity contribution in [2.75, 3.05) is 11.1 Å². The molecule has 0 unspecified atom stereocenters. The molecule has 0 saturated carbocycles. The summed E-state index contributed by atoms with van der Waals surface area (Å²) in [7, 11) is 0. The van der Waals surface area contributed by atoms with E-state index in [1.54, 1.807) is 0 Å². The van der Waals surface area contributed by atoms with Crippen molar-refractivity contribution in [1.29, 1.82) is 0 Å². The van der Waals surface area contributed by atoms with Crippen LogP contribution in [0.2, 0.25) is 0 Å². The molecule has 1 amide bonds. The van der Waals surface area contributed by atoms with Gasteiger partial charge in [-0.2, -0.15) is 5.10 Å². The van der Waals surface area contributed by atoms with Crippen LogP contribution >= 0.6 is 27.7 Å². The Morgan fingerprint density at radius 3 is 2.84 bits per heavy atom. The van der Waals surface area contributed by atoms with Crippen LogP contribution in [0, 0.1) is 13.8 Å². The van der Waals surface area contributed by atoms with Gasteiger partial charge in [0, 0.05) is 4.47 Å². The number of carbonyl (C=O) groups excluding carboxylic acids is 1. The standard InChI is InChI=1S/C12H13BrN4OS/c1-7-3-9(13)10(4-8(7)2)16-11(18)5-19-12-14-6-15-17-12/h3-4,6H,5H2,1-2H3,(H,16,18)(H,14,15,17). The van der Waals surface area contributed by atoms with Crippen LogP contribution in [0.1, 0.15) is 11.1 Å². The van der Waals surface area contributed by atoms with Crippen LogP contribution < -0.4 is 5.32 Å². The summed E-state index contributed by atoms with van der Waals surface area (Å²) in [5.41, 5.74) is 3.11. The normalized spacial score (nSPS) is 10.5. The van der Waals surface area contributed by atoms with E-state index in [0.29, 0.717) is 5.16 Å². The smallest absolute Gasteiger partial charge is 0.234 e. The van der Waals surface area contributed by atoms with Gasteiger partial charge in [-0.05, 0) is 53.0 Å². The topological polar surface area (TPSA) is 70.7 Å². The van der Waals surface area contributed by atoms with E-state index in [-0.39, 0.29) is 11.7 Å². The molecule has 0 saturated heterocycles. The predicted octanol–water partition coefficient (Wildman–Crippen LogP) is 2.91. The maximum atomic E-state index is 11.8. The third-order valence-corrected chi connectivity index (χ3v) is 4.12. The number of rotatable bonds is 4. The number of hydrogen-bond acceptors (Lipinski definition) is 4. The first kappa shape index (κ1) is 14.1. The molecule has 1 aromatic heterocycles. The molecule has 100 valence electrons. The van der Waals surface area contributed by atoms with Crippen LogP contribution in [0.5, 0.6) is 0 Å². The van der Waals surface area contributed by atoms with Gasteiger partial charge in [0.1, 0.15) is 6.33 Å². The van der Waals surface area contributed by atoms with E-state index in [2.05, 4.69) is 36.4 Å². The van der Waals surface area contributed by atoms with Crippen molar-refractivity contribution < 1.29 is 4.79 Å². The molecule has 2 N–H and O–H groups in total.